The van der Waals surface area contributed by atoms with Crippen molar-refractivity contribution in [1.82, 2.24) is 5.32 Å². The largest absolute Gasteiger partial charge is 0.425 e. The molecular weight excluding hydrogens is 322 g/mol. The van der Waals surface area contributed by atoms with Crippen LogP contribution >= 0.6 is 15.9 Å². The molecule has 1 aliphatic carbocycles. The molecule has 20 heavy (non-hydrogen) atoms. The summed E-state index contributed by atoms with van der Waals surface area (Å²) >= 11 is 3.26. The Kier molecular flexibility index (Phi) is 5.51. The summed E-state index contributed by atoms with van der Waals surface area (Å²) in [6, 6.07) is -0.261. The molecule has 0 radical (unpaired) electrons. The number of hydrogen-bond acceptors (Lipinski definition) is 3. The van der Waals surface area contributed by atoms with E-state index in [-0.39, 0.29) is 17.9 Å². The van der Waals surface area contributed by atoms with Crippen molar-refractivity contribution in [3.63, 3.8) is 0 Å². The summed E-state index contributed by atoms with van der Waals surface area (Å²) in [6.07, 6.45) is 8.25. The van der Waals surface area contributed by atoms with Gasteiger partial charge in [0.05, 0.1) is 6.04 Å². The third-order valence-electron chi connectivity index (χ3n) is 2.58. The van der Waals surface area contributed by atoms with Crippen LogP contribution < -0.4 is 5.32 Å². The molecule has 1 unspecified atom stereocenters. The van der Waals surface area contributed by atoms with Crippen LogP contribution in [0.2, 0.25) is 0 Å². The van der Waals surface area contributed by atoms with Crippen LogP contribution in [0.25, 0.3) is 0 Å². The van der Waals surface area contributed by atoms with E-state index in [1.807, 2.05) is 13.0 Å². The highest BCUT2D eigenvalue weighted by molar-refractivity contribution is 9.10. The Labute approximate surface area is 127 Å². The predicted molar refractivity (Wildman–Crippen MR) is 82.2 cm³/mol. The van der Waals surface area contributed by atoms with Crippen molar-refractivity contribution >= 4 is 27.8 Å². The van der Waals surface area contributed by atoms with Gasteiger partial charge < -0.3 is 10.1 Å². The van der Waals surface area contributed by atoms with Crippen molar-refractivity contribution in [2.75, 3.05) is 0 Å². The first-order chi connectivity index (χ1) is 9.24. The fourth-order valence-electron chi connectivity index (χ4n) is 1.37. The van der Waals surface area contributed by atoms with Gasteiger partial charge in [-0.1, -0.05) is 40.7 Å². The molecule has 0 aliphatic heterocycles. The molecule has 1 rings (SSSR count). The van der Waals surface area contributed by atoms with E-state index >= 15 is 0 Å². The fourth-order valence-corrected chi connectivity index (χ4v) is 1.45. The van der Waals surface area contributed by atoms with Crippen molar-refractivity contribution in [2.45, 2.75) is 31.1 Å². The van der Waals surface area contributed by atoms with Crippen LogP contribution in [0.3, 0.4) is 0 Å². The predicted octanol–water partition coefficient (Wildman–Crippen LogP) is 2.77. The van der Waals surface area contributed by atoms with E-state index in [2.05, 4.69) is 27.8 Å². The summed E-state index contributed by atoms with van der Waals surface area (Å²) in [5.74, 6) is -0.170. The number of carbonyl (C=O) groups is 2. The van der Waals surface area contributed by atoms with Gasteiger partial charge in [-0.2, -0.15) is 0 Å². The summed E-state index contributed by atoms with van der Waals surface area (Å²) in [5.41, 5.74) is 0.807. The Morgan fingerprint density at radius 2 is 2.00 bits per heavy atom. The van der Waals surface area contributed by atoms with Gasteiger partial charge in [-0.15, -0.1) is 0 Å². The molecule has 0 aromatic carbocycles. The van der Waals surface area contributed by atoms with E-state index in [0.29, 0.717) is 5.76 Å². The normalized spacial score (nSPS) is 18.5. The lowest BCUT2D eigenvalue weighted by atomic mass is 10.2. The highest BCUT2D eigenvalue weighted by Gasteiger charge is 2.26. The van der Waals surface area contributed by atoms with Crippen molar-refractivity contribution in [2.24, 2.45) is 0 Å². The van der Waals surface area contributed by atoms with Crippen LogP contribution in [0.4, 0.5) is 0 Å². The minimum atomic E-state index is -0.749. The van der Waals surface area contributed by atoms with Gasteiger partial charge in [-0.25, -0.2) is 0 Å². The van der Waals surface area contributed by atoms with Crippen molar-refractivity contribution in [3.05, 3.63) is 48.3 Å². The molecule has 1 N–H and O–H groups in total. The summed E-state index contributed by atoms with van der Waals surface area (Å²) in [7, 11) is 0. The van der Waals surface area contributed by atoms with Gasteiger partial charge in [0.15, 0.2) is 0 Å². The SMILES string of the molecule is C=CC(=O)NC1C=CC(C)=C(OC(=O)C(C)(C)Br)C=C1. The minimum Gasteiger partial charge on any atom is -0.425 e. The molecule has 0 aromatic rings. The average Bonchev–Trinajstić information content (AvgIpc) is 2.52. The third-order valence-corrected chi connectivity index (χ3v) is 2.90. The Morgan fingerprint density at radius 3 is 2.55 bits per heavy atom. The first-order valence-corrected chi connectivity index (χ1v) is 6.94. The van der Waals surface area contributed by atoms with Crippen molar-refractivity contribution in [3.8, 4) is 0 Å². The summed E-state index contributed by atoms with van der Waals surface area (Å²) in [6.45, 7) is 8.67. The topological polar surface area (TPSA) is 55.4 Å². The molecule has 1 aliphatic rings. The molecule has 0 spiro atoms. The molecule has 0 bridgehead atoms. The van der Waals surface area contributed by atoms with E-state index in [4.69, 9.17) is 4.74 Å². The van der Waals surface area contributed by atoms with E-state index < -0.39 is 4.32 Å². The van der Waals surface area contributed by atoms with Crippen LogP contribution in [-0.2, 0) is 14.3 Å². The highest BCUT2D eigenvalue weighted by Crippen LogP contribution is 2.22. The number of alkyl halides is 1. The van der Waals surface area contributed by atoms with E-state index in [1.165, 1.54) is 6.08 Å². The zero-order valence-electron chi connectivity index (χ0n) is 11.8. The molecule has 0 heterocycles. The Hall–Kier alpha value is -1.62. The highest BCUT2D eigenvalue weighted by atomic mass is 79.9. The molecule has 1 amide bonds. The van der Waals surface area contributed by atoms with Crippen LogP contribution in [0.5, 0.6) is 0 Å². The first kappa shape index (κ1) is 16.4. The Morgan fingerprint density at radius 1 is 1.40 bits per heavy atom. The zero-order chi connectivity index (χ0) is 15.3. The number of halogens is 1. The number of esters is 1. The number of allylic oxidation sites excluding steroid dienone is 3. The van der Waals surface area contributed by atoms with Gasteiger partial charge in [-0.3, -0.25) is 9.59 Å². The zero-order valence-corrected chi connectivity index (χ0v) is 13.4. The van der Waals surface area contributed by atoms with E-state index in [9.17, 15) is 9.59 Å². The Balaban J connectivity index is 2.82. The van der Waals surface area contributed by atoms with Crippen LogP contribution in [-0.4, -0.2) is 22.2 Å². The number of ether oxygens (including phenoxy) is 1. The first-order valence-electron chi connectivity index (χ1n) is 6.15. The number of rotatable bonds is 4. The van der Waals surface area contributed by atoms with Crippen molar-refractivity contribution in [1.29, 1.82) is 0 Å². The summed E-state index contributed by atoms with van der Waals surface area (Å²) in [4.78, 5) is 23.1. The van der Waals surface area contributed by atoms with Gasteiger partial charge in [0, 0.05) is 0 Å². The third kappa shape index (κ3) is 4.81. The number of hydrogen-bond donors (Lipinski definition) is 1. The second-order valence-electron chi connectivity index (χ2n) is 4.87. The van der Waals surface area contributed by atoms with E-state index in [0.717, 1.165) is 5.57 Å². The van der Waals surface area contributed by atoms with Crippen LogP contribution in [0, 0.1) is 0 Å². The van der Waals surface area contributed by atoms with E-state index in [1.54, 1.807) is 32.1 Å². The molecular formula is C15H18BrNO3. The average molecular weight is 340 g/mol. The fraction of sp³-hybridized carbons (Fsp3) is 0.333. The standard InChI is InChI=1S/C15H18BrNO3/c1-5-13(18)17-11-7-6-10(2)12(9-8-11)20-14(19)15(3,4)16/h5-9,11H,1H2,2-4H3,(H,17,18). The molecule has 0 saturated carbocycles. The lowest BCUT2D eigenvalue weighted by molar-refractivity contribution is -0.140. The van der Waals surface area contributed by atoms with Gasteiger partial charge in [0.25, 0.3) is 0 Å². The second-order valence-corrected chi connectivity index (χ2v) is 6.85. The second kappa shape index (κ2) is 6.70. The minimum absolute atomic E-state index is 0.260. The maximum atomic E-state index is 11.9. The van der Waals surface area contributed by atoms with Crippen LogP contribution in [0.15, 0.2) is 48.3 Å². The lowest BCUT2D eigenvalue weighted by Gasteiger charge is -2.15. The maximum Gasteiger partial charge on any atom is 0.327 e. The molecule has 4 nitrogen and oxygen atoms in total. The summed E-state index contributed by atoms with van der Waals surface area (Å²) in [5, 5.41) is 2.73. The number of carbonyl (C=O) groups excluding carboxylic acids is 2. The monoisotopic (exact) mass is 339 g/mol. The van der Waals surface area contributed by atoms with Gasteiger partial charge >= 0.3 is 5.97 Å². The molecule has 0 fully saturated rings. The molecule has 1 atom stereocenters. The lowest BCUT2D eigenvalue weighted by Crippen LogP contribution is -2.30. The summed E-state index contributed by atoms with van der Waals surface area (Å²) < 4.78 is 4.60. The Bertz CT molecular complexity index is 510. The molecule has 108 valence electrons. The molecule has 0 saturated heterocycles. The number of nitrogens with one attached hydrogen (secondary N) is 1. The molecule has 0 aromatic heterocycles. The van der Waals surface area contributed by atoms with Gasteiger partial charge in [-0.05, 0) is 38.5 Å². The van der Waals surface area contributed by atoms with Crippen molar-refractivity contribution < 1.29 is 14.3 Å². The molecule has 5 heteroatoms. The smallest absolute Gasteiger partial charge is 0.327 e. The van der Waals surface area contributed by atoms with Gasteiger partial charge in [0.2, 0.25) is 5.91 Å². The van der Waals surface area contributed by atoms with Gasteiger partial charge in [0.1, 0.15) is 10.1 Å². The quantitative estimate of drug-likeness (QED) is 0.486. The number of amides is 1. The maximum absolute atomic E-state index is 11.9. The van der Waals surface area contributed by atoms with Crippen LogP contribution in [0.1, 0.15) is 20.8 Å².